The largest absolute Gasteiger partial charge is 0.405 e. The molecule has 2 rings (SSSR count). The third-order valence-corrected chi connectivity index (χ3v) is 7.34. The van der Waals surface area contributed by atoms with Crippen LogP contribution in [0, 0.1) is 5.92 Å². The van der Waals surface area contributed by atoms with Crippen LogP contribution in [-0.4, -0.2) is 59.4 Å². The number of carbonyl (C=O) groups is 1. The van der Waals surface area contributed by atoms with Crippen molar-refractivity contribution < 1.29 is 34.8 Å². The smallest absolute Gasteiger partial charge is 0.347 e. The van der Waals surface area contributed by atoms with Crippen molar-refractivity contribution in [2.75, 3.05) is 26.2 Å². The molecule has 0 bridgehead atoms. The Morgan fingerprint density at radius 1 is 1.20 bits per heavy atom. The maximum atomic E-state index is 12.8. The van der Waals surface area contributed by atoms with Gasteiger partial charge in [0, 0.05) is 25.0 Å². The summed E-state index contributed by atoms with van der Waals surface area (Å²) >= 11 is 0. The van der Waals surface area contributed by atoms with Gasteiger partial charge in [0.1, 0.15) is 6.54 Å². The molecule has 1 saturated heterocycles. The lowest BCUT2D eigenvalue weighted by molar-refractivity contribution is -0.138. The number of benzene rings is 1. The molecule has 1 aromatic rings. The van der Waals surface area contributed by atoms with Gasteiger partial charge in [-0.25, -0.2) is 21.6 Å². The van der Waals surface area contributed by atoms with Gasteiger partial charge in [0.2, 0.25) is 26.0 Å². The van der Waals surface area contributed by atoms with Crippen LogP contribution < -0.4 is 10.0 Å². The Balaban J connectivity index is 1.95. The number of alkyl halides is 3. The van der Waals surface area contributed by atoms with E-state index in [0.29, 0.717) is 12.0 Å². The minimum absolute atomic E-state index is 0.0192. The second-order valence-electron chi connectivity index (χ2n) is 6.79. The van der Waals surface area contributed by atoms with E-state index in [0.717, 1.165) is 5.41 Å². The van der Waals surface area contributed by atoms with E-state index in [2.05, 4.69) is 11.3 Å². The van der Waals surface area contributed by atoms with Gasteiger partial charge in [-0.1, -0.05) is 18.7 Å². The predicted molar refractivity (Wildman–Crippen MR) is 103 cm³/mol. The molecule has 1 aliphatic rings. The summed E-state index contributed by atoms with van der Waals surface area (Å²) in [6.45, 7) is 2.21. The quantitative estimate of drug-likeness (QED) is 0.560. The maximum Gasteiger partial charge on any atom is 0.405 e. The maximum absolute atomic E-state index is 12.8. The number of hydrogen-bond acceptors (Lipinski definition) is 5. The minimum atomic E-state index is -4.51. The fourth-order valence-corrected chi connectivity index (χ4v) is 4.97. The Morgan fingerprint density at radius 2 is 1.83 bits per heavy atom. The van der Waals surface area contributed by atoms with Crippen molar-refractivity contribution in [3.63, 3.8) is 0 Å². The average Bonchev–Trinajstić information content (AvgIpc) is 3.15. The predicted octanol–water partition coefficient (Wildman–Crippen LogP) is 0.981. The molecule has 1 aliphatic heterocycles. The Morgan fingerprint density at radius 3 is 2.40 bits per heavy atom. The SMILES string of the molecule is C=CS(=O)(=O)NC[C@H]1CCN(S(=O)(=O)c2ccc(CC(=O)NCC(F)(F)F)cc2)C1. The van der Waals surface area contributed by atoms with Gasteiger partial charge in [-0.3, -0.25) is 4.79 Å². The van der Waals surface area contributed by atoms with Crippen LogP contribution >= 0.6 is 0 Å². The van der Waals surface area contributed by atoms with Crippen molar-refractivity contribution >= 4 is 26.0 Å². The molecular weight excluding hydrogens is 447 g/mol. The molecule has 0 radical (unpaired) electrons. The zero-order valence-electron chi connectivity index (χ0n) is 15.9. The second kappa shape index (κ2) is 9.45. The van der Waals surface area contributed by atoms with E-state index >= 15 is 0 Å². The molecule has 168 valence electrons. The number of carbonyl (C=O) groups excluding carboxylic acids is 1. The first-order valence-corrected chi connectivity index (χ1v) is 11.9. The van der Waals surface area contributed by atoms with Crippen molar-refractivity contribution in [2.24, 2.45) is 5.92 Å². The molecular formula is C17H22F3N3O5S2. The average molecular weight is 470 g/mol. The van der Waals surface area contributed by atoms with Crippen molar-refractivity contribution in [1.82, 2.24) is 14.3 Å². The van der Waals surface area contributed by atoms with Crippen LogP contribution in [0.1, 0.15) is 12.0 Å². The molecule has 30 heavy (non-hydrogen) atoms. The van der Waals surface area contributed by atoms with Crippen LogP contribution in [0.2, 0.25) is 0 Å². The molecule has 1 amide bonds. The molecule has 1 fully saturated rings. The van der Waals surface area contributed by atoms with Gasteiger partial charge in [0.05, 0.1) is 11.3 Å². The van der Waals surface area contributed by atoms with Gasteiger partial charge in [0.25, 0.3) is 0 Å². The highest BCUT2D eigenvalue weighted by Gasteiger charge is 2.33. The molecule has 0 aromatic heterocycles. The number of halogens is 3. The van der Waals surface area contributed by atoms with E-state index in [-0.39, 0.29) is 36.9 Å². The highest BCUT2D eigenvalue weighted by molar-refractivity contribution is 7.92. The van der Waals surface area contributed by atoms with Crippen molar-refractivity contribution in [1.29, 1.82) is 0 Å². The lowest BCUT2D eigenvalue weighted by Crippen LogP contribution is -2.34. The first-order valence-electron chi connectivity index (χ1n) is 8.87. The van der Waals surface area contributed by atoms with Crippen LogP contribution in [0.15, 0.2) is 41.1 Å². The van der Waals surface area contributed by atoms with Crippen LogP contribution in [0.3, 0.4) is 0 Å². The Labute approximate surface area is 173 Å². The molecule has 1 heterocycles. The summed E-state index contributed by atoms with van der Waals surface area (Å²) in [5.41, 5.74) is 0.367. The zero-order valence-corrected chi connectivity index (χ0v) is 17.5. The highest BCUT2D eigenvalue weighted by atomic mass is 32.2. The summed E-state index contributed by atoms with van der Waals surface area (Å²) in [4.78, 5) is 11.5. The van der Waals surface area contributed by atoms with Crippen molar-refractivity contribution in [2.45, 2.75) is 23.9 Å². The summed E-state index contributed by atoms with van der Waals surface area (Å²) in [6.07, 6.45) is -4.34. The summed E-state index contributed by atoms with van der Waals surface area (Å²) < 4.78 is 88.2. The molecule has 1 aromatic carbocycles. The number of rotatable bonds is 9. The third-order valence-electron chi connectivity index (χ3n) is 4.45. The monoisotopic (exact) mass is 469 g/mol. The van der Waals surface area contributed by atoms with E-state index in [1.165, 1.54) is 28.6 Å². The van der Waals surface area contributed by atoms with E-state index in [9.17, 15) is 34.8 Å². The number of sulfonamides is 2. The summed E-state index contributed by atoms with van der Waals surface area (Å²) in [5.74, 6) is -1.02. The fraction of sp³-hybridized carbons (Fsp3) is 0.471. The molecule has 13 heteroatoms. The molecule has 1 atom stereocenters. The lowest BCUT2D eigenvalue weighted by Gasteiger charge is -2.17. The zero-order chi connectivity index (χ0) is 22.6. The van der Waals surface area contributed by atoms with Crippen LogP contribution in [0.4, 0.5) is 13.2 Å². The third kappa shape index (κ3) is 7.07. The number of nitrogens with one attached hydrogen (secondary N) is 2. The second-order valence-corrected chi connectivity index (χ2v) is 10.4. The number of amides is 1. The first kappa shape index (κ1) is 24.3. The van der Waals surface area contributed by atoms with Crippen LogP contribution in [-0.2, 0) is 31.3 Å². The standard InChI is InChI=1S/C17H22F3N3O5S2/c1-2-29(25,26)22-10-14-7-8-23(11-14)30(27,28)15-5-3-13(4-6-15)9-16(24)21-12-17(18,19)20/h2-6,14,22H,1,7-12H2,(H,21,24)/t14-/m1/s1. The Kier molecular flexibility index (Phi) is 7.66. The summed E-state index contributed by atoms with van der Waals surface area (Å²) in [7, 11) is -7.41. The first-order chi connectivity index (χ1) is 13.8. The topological polar surface area (TPSA) is 113 Å². The summed E-state index contributed by atoms with van der Waals surface area (Å²) in [6, 6.07) is 5.31. The van der Waals surface area contributed by atoms with Gasteiger partial charge in [-0.05, 0) is 30.0 Å². The molecule has 0 spiro atoms. The molecule has 0 unspecified atom stereocenters. The lowest BCUT2D eigenvalue weighted by atomic mass is 10.1. The normalized spacial score (nSPS) is 18.3. The molecule has 8 nitrogen and oxygen atoms in total. The van der Waals surface area contributed by atoms with Gasteiger partial charge >= 0.3 is 6.18 Å². The summed E-state index contributed by atoms with van der Waals surface area (Å²) in [5, 5.41) is 2.53. The van der Waals surface area contributed by atoms with E-state index in [1.807, 2.05) is 0 Å². The van der Waals surface area contributed by atoms with Crippen molar-refractivity contribution in [3.8, 4) is 0 Å². The Hall–Kier alpha value is -1.96. The number of nitrogens with zero attached hydrogens (tertiary/aromatic N) is 1. The molecule has 2 N–H and O–H groups in total. The molecule has 0 aliphatic carbocycles. The van der Waals surface area contributed by atoms with E-state index < -0.39 is 38.7 Å². The van der Waals surface area contributed by atoms with Gasteiger partial charge in [0.15, 0.2) is 0 Å². The fourth-order valence-electron chi connectivity index (χ4n) is 2.85. The van der Waals surface area contributed by atoms with Crippen LogP contribution in [0.25, 0.3) is 0 Å². The van der Waals surface area contributed by atoms with Gasteiger partial charge in [-0.15, -0.1) is 0 Å². The van der Waals surface area contributed by atoms with E-state index in [4.69, 9.17) is 0 Å². The van der Waals surface area contributed by atoms with E-state index in [1.54, 1.807) is 5.32 Å². The van der Waals surface area contributed by atoms with Gasteiger partial charge < -0.3 is 5.32 Å². The number of hydrogen-bond donors (Lipinski definition) is 2. The molecule has 0 saturated carbocycles. The Bertz CT molecular complexity index is 977. The van der Waals surface area contributed by atoms with Crippen LogP contribution in [0.5, 0.6) is 0 Å². The van der Waals surface area contributed by atoms with Crippen molar-refractivity contribution in [3.05, 3.63) is 41.8 Å². The minimum Gasteiger partial charge on any atom is -0.347 e. The highest BCUT2D eigenvalue weighted by Crippen LogP contribution is 2.24. The van der Waals surface area contributed by atoms with Gasteiger partial charge in [-0.2, -0.15) is 17.5 Å².